The molecule has 1 heterocycles. The number of carbonyl (C=O) groups excluding carboxylic acids is 1. The molecule has 166 valence electrons. The van der Waals surface area contributed by atoms with Gasteiger partial charge < -0.3 is 45.8 Å². The minimum absolute atomic E-state index is 0.0650. The zero-order valence-corrected chi connectivity index (χ0v) is 16.4. The molecule has 1 aliphatic rings. The minimum atomic E-state index is -0.904. The number of hydrogen-bond donors (Lipinski definition) is 8. The smallest absolute Gasteiger partial charge is 0.251 e. The summed E-state index contributed by atoms with van der Waals surface area (Å²) in [5, 5.41) is 71.1. The van der Waals surface area contributed by atoms with E-state index in [1.165, 1.54) is 24.3 Å². The van der Waals surface area contributed by atoms with E-state index in [9.17, 15) is 40.5 Å². The van der Waals surface area contributed by atoms with Crippen molar-refractivity contribution >= 4 is 5.91 Å². The summed E-state index contributed by atoms with van der Waals surface area (Å²) < 4.78 is 5.92. The standard InChI is InChI=1S/C22H19NO9/c24-11-6-15(26)12-8-13(23-22(31)10-4-17(28)20(30)18(29)5-10)21(32-19(12)7-11)9-1-2-14(25)16(27)3-9/h1-7,13,21,24-30H,8H2,(H,23,31). The normalized spacial score (nSPS) is 17.2. The molecule has 0 saturated heterocycles. The van der Waals surface area contributed by atoms with Crippen molar-refractivity contribution in [2.75, 3.05) is 0 Å². The van der Waals surface area contributed by atoms with Crippen molar-refractivity contribution in [3.8, 4) is 46.0 Å². The maximum absolute atomic E-state index is 12.8. The third kappa shape index (κ3) is 3.69. The van der Waals surface area contributed by atoms with Gasteiger partial charge in [0.1, 0.15) is 23.4 Å². The number of benzene rings is 3. The summed E-state index contributed by atoms with van der Waals surface area (Å²) in [6.45, 7) is 0. The highest BCUT2D eigenvalue weighted by Gasteiger charge is 2.35. The highest BCUT2D eigenvalue weighted by molar-refractivity contribution is 5.95. The topological polar surface area (TPSA) is 180 Å². The van der Waals surface area contributed by atoms with Crippen LogP contribution in [0.25, 0.3) is 0 Å². The van der Waals surface area contributed by atoms with Gasteiger partial charge in [-0.2, -0.15) is 0 Å². The lowest BCUT2D eigenvalue weighted by atomic mass is 9.91. The molecule has 0 aliphatic carbocycles. The van der Waals surface area contributed by atoms with Crippen LogP contribution in [0.1, 0.15) is 27.6 Å². The number of carbonyl (C=O) groups is 1. The highest BCUT2D eigenvalue weighted by Crippen LogP contribution is 2.43. The molecule has 3 aromatic carbocycles. The first-order chi connectivity index (χ1) is 15.1. The number of amides is 1. The Hall–Kier alpha value is -4.47. The van der Waals surface area contributed by atoms with Gasteiger partial charge in [0.25, 0.3) is 5.91 Å². The number of aromatic hydroxyl groups is 7. The molecule has 10 heteroatoms. The lowest BCUT2D eigenvalue weighted by Gasteiger charge is -2.35. The molecule has 3 aromatic rings. The summed E-state index contributed by atoms with van der Waals surface area (Å²) in [7, 11) is 0. The van der Waals surface area contributed by atoms with Crippen LogP contribution in [0.5, 0.6) is 46.0 Å². The minimum Gasteiger partial charge on any atom is -0.508 e. The van der Waals surface area contributed by atoms with Crippen molar-refractivity contribution in [1.29, 1.82) is 0 Å². The quantitative estimate of drug-likeness (QED) is 0.282. The van der Waals surface area contributed by atoms with Gasteiger partial charge in [0.2, 0.25) is 0 Å². The molecule has 0 fully saturated rings. The number of hydrogen-bond acceptors (Lipinski definition) is 9. The molecule has 1 aliphatic heterocycles. The van der Waals surface area contributed by atoms with Crippen molar-refractivity contribution in [3.05, 3.63) is 59.2 Å². The van der Waals surface area contributed by atoms with Gasteiger partial charge in [-0.3, -0.25) is 4.79 Å². The van der Waals surface area contributed by atoms with E-state index in [1.54, 1.807) is 0 Å². The van der Waals surface area contributed by atoms with Gasteiger partial charge in [-0.1, -0.05) is 6.07 Å². The SMILES string of the molecule is O=C(NC1Cc2c(O)cc(O)cc2OC1c1ccc(O)c(O)c1)c1cc(O)c(O)c(O)c1. The summed E-state index contributed by atoms with van der Waals surface area (Å²) in [4.78, 5) is 12.8. The van der Waals surface area contributed by atoms with Gasteiger partial charge in [0.15, 0.2) is 28.7 Å². The molecule has 8 N–H and O–H groups in total. The average Bonchev–Trinajstić information content (AvgIpc) is 2.73. The molecule has 0 radical (unpaired) electrons. The van der Waals surface area contributed by atoms with Crippen LogP contribution in [0.3, 0.4) is 0 Å². The van der Waals surface area contributed by atoms with Gasteiger partial charge in [-0.25, -0.2) is 0 Å². The fourth-order valence-electron chi connectivity index (χ4n) is 3.60. The molecule has 32 heavy (non-hydrogen) atoms. The van der Waals surface area contributed by atoms with Crippen LogP contribution in [-0.4, -0.2) is 47.7 Å². The average molecular weight is 441 g/mol. The third-order valence-electron chi connectivity index (χ3n) is 5.19. The number of rotatable bonds is 3. The Morgan fingerprint density at radius 1 is 0.812 bits per heavy atom. The number of phenolic OH excluding ortho intramolecular Hbond substituents is 7. The Morgan fingerprint density at radius 2 is 1.50 bits per heavy atom. The van der Waals surface area contributed by atoms with Crippen LogP contribution >= 0.6 is 0 Å². The number of ether oxygens (including phenoxy) is 1. The molecule has 2 unspecified atom stereocenters. The van der Waals surface area contributed by atoms with Crippen molar-refractivity contribution in [3.63, 3.8) is 0 Å². The number of fused-ring (bicyclic) bond motifs is 1. The summed E-state index contributed by atoms with van der Waals surface area (Å²) in [6.07, 6.45) is -0.839. The first-order valence-electron chi connectivity index (χ1n) is 9.43. The van der Waals surface area contributed by atoms with Crippen molar-refractivity contribution < 1.29 is 45.3 Å². The monoisotopic (exact) mass is 441 g/mol. The Bertz CT molecular complexity index is 1200. The van der Waals surface area contributed by atoms with Crippen molar-refractivity contribution in [2.24, 2.45) is 0 Å². The van der Waals surface area contributed by atoms with Crippen molar-refractivity contribution in [1.82, 2.24) is 5.32 Å². The van der Waals surface area contributed by atoms with Gasteiger partial charge in [-0.05, 0) is 29.8 Å². The summed E-state index contributed by atoms with van der Waals surface area (Å²) in [6, 6.07) is 7.54. The first-order valence-corrected chi connectivity index (χ1v) is 9.43. The number of nitrogens with one attached hydrogen (secondary N) is 1. The van der Waals surface area contributed by atoms with E-state index in [0.717, 1.165) is 18.2 Å². The Kier molecular flexibility index (Phi) is 4.97. The zero-order valence-electron chi connectivity index (χ0n) is 16.4. The van der Waals surface area contributed by atoms with E-state index in [4.69, 9.17) is 4.74 Å². The summed E-state index contributed by atoms with van der Waals surface area (Å²) in [5.41, 5.74) is 0.560. The number of phenols is 7. The molecule has 0 spiro atoms. The third-order valence-corrected chi connectivity index (χ3v) is 5.19. The maximum atomic E-state index is 12.8. The van der Waals surface area contributed by atoms with Crippen LogP contribution in [0.15, 0.2) is 42.5 Å². The Labute approximate surface area is 180 Å². The van der Waals surface area contributed by atoms with E-state index in [-0.39, 0.29) is 35.0 Å². The molecular formula is C22H19NO9. The molecule has 0 aromatic heterocycles. The fourth-order valence-corrected chi connectivity index (χ4v) is 3.60. The predicted octanol–water partition coefficient (Wildman–Crippen LogP) is 2.10. The van der Waals surface area contributed by atoms with Crippen LogP contribution in [0.2, 0.25) is 0 Å². The molecule has 0 bridgehead atoms. The summed E-state index contributed by atoms with van der Waals surface area (Å²) >= 11 is 0. The largest absolute Gasteiger partial charge is 0.508 e. The Balaban J connectivity index is 1.72. The maximum Gasteiger partial charge on any atom is 0.251 e. The van der Waals surface area contributed by atoms with E-state index in [1.807, 2.05) is 0 Å². The van der Waals surface area contributed by atoms with Crippen LogP contribution < -0.4 is 10.1 Å². The van der Waals surface area contributed by atoms with Gasteiger partial charge in [-0.15, -0.1) is 0 Å². The highest BCUT2D eigenvalue weighted by atomic mass is 16.5. The lowest BCUT2D eigenvalue weighted by Crippen LogP contribution is -2.45. The van der Waals surface area contributed by atoms with Gasteiger partial charge in [0, 0.05) is 29.7 Å². The van der Waals surface area contributed by atoms with E-state index in [0.29, 0.717) is 11.1 Å². The van der Waals surface area contributed by atoms with E-state index in [2.05, 4.69) is 5.32 Å². The first kappa shape index (κ1) is 20.8. The molecule has 0 saturated carbocycles. The Morgan fingerprint density at radius 3 is 2.16 bits per heavy atom. The predicted molar refractivity (Wildman–Crippen MR) is 109 cm³/mol. The molecule has 4 rings (SSSR count). The zero-order chi connectivity index (χ0) is 23.2. The van der Waals surface area contributed by atoms with Crippen molar-refractivity contribution in [2.45, 2.75) is 18.6 Å². The molecule has 1 amide bonds. The van der Waals surface area contributed by atoms with Crippen LogP contribution in [0, 0.1) is 0 Å². The fraction of sp³-hybridized carbons (Fsp3) is 0.136. The van der Waals surface area contributed by atoms with Gasteiger partial charge in [0.05, 0.1) is 6.04 Å². The second-order valence-electron chi connectivity index (χ2n) is 7.38. The summed E-state index contributed by atoms with van der Waals surface area (Å²) in [5.74, 6) is -3.92. The lowest BCUT2D eigenvalue weighted by molar-refractivity contribution is 0.0836. The second kappa shape index (κ2) is 7.65. The van der Waals surface area contributed by atoms with Gasteiger partial charge >= 0.3 is 0 Å². The van der Waals surface area contributed by atoms with Crippen LogP contribution in [-0.2, 0) is 6.42 Å². The molecule has 10 nitrogen and oxygen atoms in total. The molecular weight excluding hydrogens is 422 g/mol. The van der Waals surface area contributed by atoms with E-state index >= 15 is 0 Å². The second-order valence-corrected chi connectivity index (χ2v) is 7.38. The van der Waals surface area contributed by atoms with Crippen LogP contribution in [0.4, 0.5) is 0 Å². The van der Waals surface area contributed by atoms with E-state index < -0.39 is 41.1 Å². The molecule has 2 atom stereocenters.